The lowest BCUT2D eigenvalue weighted by molar-refractivity contribution is 0.465. The van der Waals surface area contributed by atoms with Crippen molar-refractivity contribution < 1.29 is 4.74 Å². The zero-order chi connectivity index (χ0) is 13.1. The zero-order valence-electron chi connectivity index (χ0n) is 11.2. The molecule has 0 saturated carbocycles. The molecule has 1 aromatic heterocycles. The summed E-state index contributed by atoms with van der Waals surface area (Å²) >= 11 is 0. The molecule has 1 fully saturated rings. The summed E-state index contributed by atoms with van der Waals surface area (Å²) in [7, 11) is 0. The third-order valence-corrected chi connectivity index (χ3v) is 3.44. The van der Waals surface area contributed by atoms with Crippen molar-refractivity contribution in [1.29, 1.82) is 0 Å². The highest BCUT2D eigenvalue weighted by molar-refractivity contribution is 5.30. The monoisotopic (exact) mass is 257 g/mol. The van der Waals surface area contributed by atoms with Crippen molar-refractivity contribution in [2.45, 2.75) is 32.4 Å². The third-order valence-electron chi connectivity index (χ3n) is 3.44. The highest BCUT2D eigenvalue weighted by Gasteiger charge is 2.14. The summed E-state index contributed by atoms with van der Waals surface area (Å²) < 4.78 is 7.73. The Balaban J connectivity index is 1.62. The van der Waals surface area contributed by atoms with Crippen LogP contribution in [0.3, 0.4) is 0 Å². The van der Waals surface area contributed by atoms with E-state index in [-0.39, 0.29) is 0 Å². The summed E-state index contributed by atoms with van der Waals surface area (Å²) in [6.07, 6.45) is 6.22. The van der Waals surface area contributed by atoms with Crippen LogP contribution in [0.15, 0.2) is 36.7 Å². The molecule has 0 radical (unpaired) electrons. The molecule has 0 spiro atoms. The molecular formula is C15H19N3O. The Labute approximate surface area is 113 Å². The number of hydrogen-bond donors (Lipinski definition) is 1. The number of hydrogen-bond acceptors (Lipinski definition) is 3. The van der Waals surface area contributed by atoms with Gasteiger partial charge in [0.05, 0.1) is 18.9 Å². The van der Waals surface area contributed by atoms with E-state index >= 15 is 0 Å². The van der Waals surface area contributed by atoms with E-state index in [0.29, 0.717) is 6.04 Å². The Kier molecular flexibility index (Phi) is 3.51. The van der Waals surface area contributed by atoms with Crippen molar-refractivity contribution in [1.82, 2.24) is 15.1 Å². The molecule has 3 rings (SSSR count). The Morgan fingerprint density at radius 1 is 1.32 bits per heavy atom. The van der Waals surface area contributed by atoms with Gasteiger partial charge in [0.15, 0.2) is 5.75 Å². The van der Waals surface area contributed by atoms with Crippen LogP contribution < -0.4 is 10.1 Å². The molecule has 1 aromatic carbocycles. The molecular weight excluding hydrogens is 238 g/mol. The minimum Gasteiger partial charge on any atom is -0.454 e. The second-order valence-corrected chi connectivity index (χ2v) is 5.11. The van der Waals surface area contributed by atoms with E-state index < -0.39 is 0 Å². The van der Waals surface area contributed by atoms with Crippen molar-refractivity contribution in [3.8, 4) is 11.5 Å². The molecule has 4 nitrogen and oxygen atoms in total. The predicted molar refractivity (Wildman–Crippen MR) is 74.5 cm³/mol. The van der Waals surface area contributed by atoms with Gasteiger partial charge >= 0.3 is 0 Å². The van der Waals surface area contributed by atoms with Crippen LogP contribution in [-0.4, -0.2) is 22.4 Å². The van der Waals surface area contributed by atoms with Crippen LogP contribution in [0.4, 0.5) is 0 Å². The zero-order valence-corrected chi connectivity index (χ0v) is 11.2. The Bertz CT molecular complexity index is 527. The molecule has 1 atom stereocenters. The van der Waals surface area contributed by atoms with Gasteiger partial charge in [0.25, 0.3) is 0 Å². The summed E-state index contributed by atoms with van der Waals surface area (Å²) in [5.74, 6) is 1.64. The highest BCUT2D eigenvalue weighted by atomic mass is 16.5. The van der Waals surface area contributed by atoms with Crippen molar-refractivity contribution in [3.05, 3.63) is 42.2 Å². The fourth-order valence-electron chi connectivity index (χ4n) is 2.38. The topological polar surface area (TPSA) is 39.1 Å². The maximum Gasteiger partial charge on any atom is 0.165 e. The molecule has 1 unspecified atom stereocenters. The lowest BCUT2D eigenvalue weighted by Crippen LogP contribution is -2.26. The van der Waals surface area contributed by atoms with Crippen molar-refractivity contribution >= 4 is 0 Å². The van der Waals surface area contributed by atoms with Gasteiger partial charge in [0.2, 0.25) is 0 Å². The van der Waals surface area contributed by atoms with E-state index in [9.17, 15) is 0 Å². The number of benzene rings is 1. The molecule has 1 saturated heterocycles. The first-order chi connectivity index (χ1) is 9.29. The van der Waals surface area contributed by atoms with Gasteiger partial charge < -0.3 is 10.1 Å². The van der Waals surface area contributed by atoms with Gasteiger partial charge in [-0.15, -0.1) is 0 Å². The van der Waals surface area contributed by atoms with E-state index in [1.54, 1.807) is 6.20 Å². The van der Waals surface area contributed by atoms with Gasteiger partial charge in [-0.05, 0) is 38.4 Å². The molecule has 2 heterocycles. The van der Waals surface area contributed by atoms with Crippen LogP contribution in [0.1, 0.15) is 18.4 Å². The van der Waals surface area contributed by atoms with Crippen LogP contribution in [0.25, 0.3) is 0 Å². The van der Waals surface area contributed by atoms with Gasteiger partial charge in [-0.2, -0.15) is 5.10 Å². The molecule has 0 bridgehead atoms. The van der Waals surface area contributed by atoms with Crippen LogP contribution >= 0.6 is 0 Å². The summed E-state index contributed by atoms with van der Waals surface area (Å²) in [5.41, 5.74) is 1.23. The van der Waals surface area contributed by atoms with Gasteiger partial charge in [0.1, 0.15) is 5.75 Å². The number of aromatic nitrogens is 2. The maximum absolute atomic E-state index is 5.77. The summed E-state index contributed by atoms with van der Waals surface area (Å²) in [5, 5.41) is 7.81. The maximum atomic E-state index is 5.77. The second kappa shape index (κ2) is 5.45. The molecule has 4 heteroatoms. The van der Waals surface area contributed by atoms with Crippen LogP contribution in [0, 0.1) is 6.92 Å². The number of nitrogens with zero attached hydrogens (tertiary/aromatic N) is 2. The minimum atomic E-state index is 0.548. The summed E-state index contributed by atoms with van der Waals surface area (Å²) in [6, 6.07) is 8.59. The van der Waals surface area contributed by atoms with Gasteiger partial charge in [-0.1, -0.05) is 17.7 Å². The summed E-state index contributed by atoms with van der Waals surface area (Å²) in [6.45, 7) is 4.10. The van der Waals surface area contributed by atoms with E-state index in [1.807, 2.05) is 35.1 Å². The number of aryl methyl sites for hydroxylation is 1. The lowest BCUT2D eigenvalue weighted by atomic mass is 10.2. The van der Waals surface area contributed by atoms with Crippen molar-refractivity contribution in [3.63, 3.8) is 0 Å². The van der Waals surface area contributed by atoms with E-state index in [1.165, 1.54) is 18.4 Å². The van der Waals surface area contributed by atoms with E-state index in [2.05, 4.69) is 17.3 Å². The van der Waals surface area contributed by atoms with E-state index in [4.69, 9.17) is 4.74 Å². The van der Waals surface area contributed by atoms with Gasteiger partial charge in [-0.25, -0.2) is 0 Å². The molecule has 1 aliphatic heterocycles. The largest absolute Gasteiger partial charge is 0.454 e. The van der Waals surface area contributed by atoms with Crippen molar-refractivity contribution in [2.24, 2.45) is 0 Å². The SMILES string of the molecule is Cc1ccc(Oc2cnn(CC3CCCN3)c2)cc1. The summed E-state index contributed by atoms with van der Waals surface area (Å²) in [4.78, 5) is 0. The van der Waals surface area contributed by atoms with Gasteiger partial charge in [-0.3, -0.25) is 4.68 Å². The lowest BCUT2D eigenvalue weighted by Gasteiger charge is -2.09. The predicted octanol–water partition coefficient (Wildman–Crippen LogP) is 2.74. The molecule has 2 aromatic rings. The quantitative estimate of drug-likeness (QED) is 0.915. The number of ether oxygens (including phenoxy) is 1. The average Bonchev–Trinajstić information content (AvgIpc) is 3.05. The molecule has 0 amide bonds. The highest BCUT2D eigenvalue weighted by Crippen LogP contribution is 2.21. The van der Waals surface area contributed by atoms with E-state index in [0.717, 1.165) is 24.6 Å². The smallest absolute Gasteiger partial charge is 0.165 e. The fourth-order valence-corrected chi connectivity index (χ4v) is 2.38. The van der Waals surface area contributed by atoms with Crippen LogP contribution in [-0.2, 0) is 6.54 Å². The van der Waals surface area contributed by atoms with Crippen LogP contribution in [0.5, 0.6) is 11.5 Å². The molecule has 19 heavy (non-hydrogen) atoms. The first kappa shape index (κ1) is 12.2. The average molecular weight is 257 g/mol. The number of rotatable bonds is 4. The second-order valence-electron chi connectivity index (χ2n) is 5.11. The third kappa shape index (κ3) is 3.15. The normalized spacial score (nSPS) is 18.7. The molecule has 1 aliphatic rings. The Morgan fingerprint density at radius 3 is 2.89 bits per heavy atom. The fraction of sp³-hybridized carbons (Fsp3) is 0.400. The Morgan fingerprint density at radius 2 is 2.16 bits per heavy atom. The molecule has 1 N–H and O–H groups in total. The molecule has 0 aliphatic carbocycles. The standard InChI is InChI=1S/C15H19N3O/c1-12-4-6-14(7-5-12)19-15-9-17-18(11-15)10-13-3-2-8-16-13/h4-7,9,11,13,16H,2-3,8,10H2,1H3. The molecule has 100 valence electrons. The Hall–Kier alpha value is -1.81. The first-order valence-electron chi connectivity index (χ1n) is 6.80. The minimum absolute atomic E-state index is 0.548. The first-order valence-corrected chi connectivity index (χ1v) is 6.80. The number of nitrogens with one attached hydrogen (secondary N) is 1. The van der Waals surface area contributed by atoms with Gasteiger partial charge in [0, 0.05) is 6.04 Å². The van der Waals surface area contributed by atoms with Crippen molar-refractivity contribution in [2.75, 3.05) is 6.54 Å². The van der Waals surface area contributed by atoms with Crippen LogP contribution in [0.2, 0.25) is 0 Å².